The molecule has 2 amide bonds. The predicted octanol–water partition coefficient (Wildman–Crippen LogP) is 1.57. The Kier molecular flexibility index (Phi) is 5.10. The average molecular weight is 318 g/mol. The number of benzene rings is 1. The van der Waals surface area contributed by atoms with Crippen molar-refractivity contribution in [2.75, 3.05) is 6.54 Å². The molecule has 2 rings (SSSR count). The van der Waals surface area contributed by atoms with Gasteiger partial charge < -0.3 is 10.6 Å². The second-order valence-corrected chi connectivity index (χ2v) is 5.41. The van der Waals surface area contributed by atoms with E-state index in [0.29, 0.717) is 11.3 Å². The van der Waals surface area contributed by atoms with Crippen LogP contribution in [-0.4, -0.2) is 34.2 Å². The van der Waals surface area contributed by atoms with Gasteiger partial charge in [0, 0.05) is 6.04 Å². The van der Waals surface area contributed by atoms with Crippen LogP contribution >= 0.6 is 0 Å². The third-order valence-corrected chi connectivity index (χ3v) is 3.19. The highest BCUT2D eigenvalue weighted by atomic mass is 19.1. The highest BCUT2D eigenvalue weighted by molar-refractivity contribution is 5.97. The number of aromatic nitrogens is 2. The molecule has 7 heteroatoms. The van der Waals surface area contributed by atoms with Crippen molar-refractivity contribution in [3.63, 3.8) is 0 Å². The summed E-state index contributed by atoms with van der Waals surface area (Å²) in [4.78, 5) is 23.7. The zero-order valence-corrected chi connectivity index (χ0v) is 13.3. The molecule has 0 aliphatic carbocycles. The monoisotopic (exact) mass is 318 g/mol. The molecule has 0 aliphatic rings. The van der Waals surface area contributed by atoms with Gasteiger partial charge in [0.25, 0.3) is 5.91 Å². The summed E-state index contributed by atoms with van der Waals surface area (Å²) in [6, 6.07) is 6.18. The molecule has 2 aromatic rings. The number of amides is 2. The number of carbonyl (C=O) groups excluding carboxylic acids is 2. The minimum Gasteiger partial charge on any atom is -0.352 e. The van der Waals surface area contributed by atoms with Crippen LogP contribution in [0.3, 0.4) is 0 Å². The van der Waals surface area contributed by atoms with Crippen molar-refractivity contribution in [2.24, 2.45) is 0 Å². The van der Waals surface area contributed by atoms with E-state index in [1.54, 1.807) is 25.1 Å². The van der Waals surface area contributed by atoms with Gasteiger partial charge in [-0.1, -0.05) is 12.1 Å². The molecule has 1 heterocycles. The zero-order chi connectivity index (χ0) is 17.0. The number of para-hydroxylation sites is 1. The first-order valence-electron chi connectivity index (χ1n) is 7.27. The van der Waals surface area contributed by atoms with Crippen LogP contribution in [-0.2, 0) is 4.79 Å². The van der Waals surface area contributed by atoms with Crippen LogP contribution in [0.4, 0.5) is 4.39 Å². The lowest BCUT2D eigenvalue weighted by molar-refractivity contribution is -0.120. The lowest BCUT2D eigenvalue weighted by atomic mass is 10.2. The zero-order valence-electron chi connectivity index (χ0n) is 13.3. The van der Waals surface area contributed by atoms with E-state index in [1.807, 2.05) is 13.8 Å². The number of rotatable bonds is 5. The molecule has 6 nitrogen and oxygen atoms in total. The van der Waals surface area contributed by atoms with Gasteiger partial charge in [-0.2, -0.15) is 5.10 Å². The van der Waals surface area contributed by atoms with E-state index in [1.165, 1.54) is 16.9 Å². The molecule has 122 valence electrons. The normalized spacial score (nSPS) is 10.7. The maximum absolute atomic E-state index is 13.8. The van der Waals surface area contributed by atoms with Crippen LogP contribution in [0.1, 0.15) is 29.9 Å². The first-order valence-corrected chi connectivity index (χ1v) is 7.27. The molecule has 1 aromatic carbocycles. The van der Waals surface area contributed by atoms with Gasteiger partial charge in [-0.3, -0.25) is 9.59 Å². The summed E-state index contributed by atoms with van der Waals surface area (Å²) in [6.07, 6.45) is 1.36. The maximum Gasteiger partial charge on any atom is 0.255 e. The summed E-state index contributed by atoms with van der Waals surface area (Å²) in [6.45, 7) is 5.22. The average Bonchev–Trinajstić information content (AvgIpc) is 2.86. The van der Waals surface area contributed by atoms with Crippen molar-refractivity contribution in [1.82, 2.24) is 20.4 Å². The van der Waals surface area contributed by atoms with Gasteiger partial charge in [0.2, 0.25) is 5.91 Å². The summed E-state index contributed by atoms with van der Waals surface area (Å²) >= 11 is 0. The van der Waals surface area contributed by atoms with Crippen molar-refractivity contribution >= 4 is 11.8 Å². The molecule has 0 radical (unpaired) electrons. The second-order valence-electron chi connectivity index (χ2n) is 5.41. The second kappa shape index (κ2) is 7.04. The molecule has 0 fully saturated rings. The maximum atomic E-state index is 13.8. The number of carbonyl (C=O) groups is 2. The number of halogens is 1. The van der Waals surface area contributed by atoms with Gasteiger partial charge in [0.05, 0.1) is 24.0 Å². The summed E-state index contributed by atoms with van der Waals surface area (Å²) in [5.41, 5.74) is 1.06. The Bertz CT molecular complexity index is 725. The lowest BCUT2D eigenvalue weighted by Crippen LogP contribution is -2.39. The van der Waals surface area contributed by atoms with Gasteiger partial charge in [-0.25, -0.2) is 9.07 Å². The van der Waals surface area contributed by atoms with Gasteiger partial charge in [-0.05, 0) is 32.9 Å². The van der Waals surface area contributed by atoms with Gasteiger partial charge in [-0.15, -0.1) is 0 Å². The number of hydrogen-bond donors (Lipinski definition) is 2. The number of nitrogens with one attached hydrogen (secondary N) is 2. The van der Waals surface area contributed by atoms with Crippen LogP contribution < -0.4 is 10.6 Å². The van der Waals surface area contributed by atoms with Crippen LogP contribution in [0.2, 0.25) is 0 Å². The van der Waals surface area contributed by atoms with E-state index in [4.69, 9.17) is 0 Å². The minimum atomic E-state index is -0.429. The lowest BCUT2D eigenvalue weighted by Gasteiger charge is -2.09. The fourth-order valence-corrected chi connectivity index (χ4v) is 2.13. The Labute approximate surface area is 133 Å². The van der Waals surface area contributed by atoms with Gasteiger partial charge in [0.15, 0.2) is 0 Å². The van der Waals surface area contributed by atoms with Crippen molar-refractivity contribution < 1.29 is 14.0 Å². The quantitative estimate of drug-likeness (QED) is 0.879. The molecule has 0 spiro atoms. The standard InChI is InChI=1S/C16H19FN4O2/c1-10(2)20-15(22)9-18-16(23)12-8-19-21(11(12)3)14-7-5-4-6-13(14)17/h4-8,10H,9H2,1-3H3,(H,18,23)(H,20,22). The topological polar surface area (TPSA) is 76.0 Å². The summed E-state index contributed by atoms with van der Waals surface area (Å²) in [5.74, 6) is -1.13. The number of nitrogens with zero attached hydrogens (tertiary/aromatic N) is 2. The predicted molar refractivity (Wildman–Crippen MR) is 83.9 cm³/mol. The molecule has 0 aliphatic heterocycles. The Morgan fingerprint density at radius 3 is 2.65 bits per heavy atom. The van der Waals surface area contributed by atoms with Crippen molar-refractivity contribution in [3.05, 3.63) is 47.5 Å². The van der Waals surface area contributed by atoms with E-state index in [-0.39, 0.29) is 24.2 Å². The highest BCUT2D eigenvalue weighted by Gasteiger charge is 2.17. The third-order valence-electron chi connectivity index (χ3n) is 3.19. The molecule has 0 atom stereocenters. The molecule has 1 aromatic heterocycles. The Morgan fingerprint density at radius 1 is 1.30 bits per heavy atom. The highest BCUT2D eigenvalue weighted by Crippen LogP contribution is 2.16. The summed E-state index contributed by atoms with van der Waals surface area (Å²) in [5, 5.41) is 9.26. The van der Waals surface area contributed by atoms with E-state index in [0.717, 1.165) is 0 Å². The minimum absolute atomic E-state index is 0.00458. The van der Waals surface area contributed by atoms with Crippen molar-refractivity contribution in [2.45, 2.75) is 26.8 Å². The van der Waals surface area contributed by atoms with E-state index in [9.17, 15) is 14.0 Å². The molecule has 2 N–H and O–H groups in total. The van der Waals surface area contributed by atoms with E-state index < -0.39 is 11.7 Å². The Morgan fingerprint density at radius 2 is 2.00 bits per heavy atom. The Hall–Kier alpha value is -2.70. The van der Waals surface area contributed by atoms with E-state index >= 15 is 0 Å². The largest absolute Gasteiger partial charge is 0.352 e. The number of hydrogen-bond acceptors (Lipinski definition) is 3. The van der Waals surface area contributed by atoms with Gasteiger partial charge >= 0.3 is 0 Å². The Balaban J connectivity index is 2.12. The smallest absolute Gasteiger partial charge is 0.255 e. The van der Waals surface area contributed by atoms with Crippen molar-refractivity contribution in [3.8, 4) is 5.69 Å². The molecular weight excluding hydrogens is 299 g/mol. The van der Waals surface area contributed by atoms with Crippen LogP contribution in [0.25, 0.3) is 5.69 Å². The fourth-order valence-electron chi connectivity index (χ4n) is 2.13. The van der Waals surface area contributed by atoms with Crippen molar-refractivity contribution in [1.29, 1.82) is 0 Å². The molecule has 0 bridgehead atoms. The van der Waals surface area contributed by atoms with Crippen LogP contribution in [0, 0.1) is 12.7 Å². The van der Waals surface area contributed by atoms with Crippen LogP contribution in [0.5, 0.6) is 0 Å². The van der Waals surface area contributed by atoms with Crippen LogP contribution in [0.15, 0.2) is 30.5 Å². The fraction of sp³-hybridized carbons (Fsp3) is 0.312. The molecule has 0 saturated heterocycles. The first-order chi connectivity index (χ1) is 10.9. The van der Waals surface area contributed by atoms with Gasteiger partial charge in [0.1, 0.15) is 11.5 Å². The summed E-state index contributed by atoms with van der Waals surface area (Å²) in [7, 11) is 0. The molecule has 23 heavy (non-hydrogen) atoms. The summed E-state index contributed by atoms with van der Waals surface area (Å²) < 4.78 is 15.2. The van der Waals surface area contributed by atoms with E-state index in [2.05, 4.69) is 15.7 Å². The SMILES string of the molecule is Cc1c(C(=O)NCC(=O)NC(C)C)cnn1-c1ccccc1F. The molecule has 0 unspecified atom stereocenters. The first kappa shape index (κ1) is 16.7. The third kappa shape index (κ3) is 3.94. The molecular formula is C16H19FN4O2. The molecule has 0 saturated carbocycles.